The Hall–Kier alpha value is -2.04. The van der Waals surface area contributed by atoms with E-state index in [4.69, 9.17) is 0 Å². The molecular weight excluding hydrogens is 278 g/mol. The summed E-state index contributed by atoms with van der Waals surface area (Å²) < 4.78 is 0. The van der Waals surface area contributed by atoms with Crippen molar-refractivity contribution in [1.82, 2.24) is 10.2 Å². The molecule has 1 heterocycles. The van der Waals surface area contributed by atoms with Gasteiger partial charge in [0.25, 0.3) is 0 Å². The van der Waals surface area contributed by atoms with E-state index >= 15 is 0 Å². The predicted octanol–water partition coefficient (Wildman–Crippen LogP) is 1.50. The van der Waals surface area contributed by atoms with Gasteiger partial charge in [-0.3, -0.25) is 9.59 Å². The van der Waals surface area contributed by atoms with Crippen LogP contribution in [-0.4, -0.2) is 48.9 Å². The Bertz CT molecular complexity index is 508. The summed E-state index contributed by atoms with van der Waals surface area (Å²) in [4.78, 5) is 28.2. The fourth-order valence-electron chi connectivity index (χ4n) is 2.54. The number of piperazine rings is 1. The summed E-state index contributed by atoms with van der Waals surface area (Å²) in [6.45, 7) is 8.43. The van der Waals surface area contributed by atoms with Crippen LogP contribution in [-0.2, 0) is 9.59 Å². The average molecular weight is 303 g/mol. The summed E-state index contributed by atoms with van der Waals surface area (Å²) in [6, 6.07) is 9.76. The third-order valence-corrected chi connectivity index (χ3v) is 3.97. The summed E-state index contributed by atoms with van der Waals surface area (Å²) in [7, 11) is 0. The van der Waals surface area contributed by atoms with Crippen LogP contribution in [0.25, 0.3) is 0 Å². The standard InChI is InChI=1S/C17H25N3O2/c1-13(2)16(21)18-14(3)17(22)20-11-9-19(10-12-20)15-7-5-4-6-8-15/h4-8,13-14H,9-12H2,1-3H3,(H,18,21)/t14-/m0/s1. The summed E-state index contributed by atoms with van der Waals surface area (Å²) in [5, 5.41) is 2.78. The van der Waals surface area contributed by atoms with Gasteiger partial charge in [0, 0.05) is 37.8 Å². The topological polar surface area (TPSA) is 52.7 Å². The van der Waals surface area contributed by atoms with Crippen LogP contribution in [0.4, 0.5) is 5.69 Å². The number of hydrogen-bond acceptors (Lipinski definition) is 3. The number of hydrogen-bond donors (Lipinski definition) is 1. The first-order valence-electron chi connectivity index (χ1n) is 7.88. The van der Waals surface area contributed by atoms with Crippen molar-refractivity contribution in [2.75, 3.05) is 31.1 Å². The molecule has 5 heteroatoms. The molecule has 1 aromatic rings. The number of nitrogens with zero attached hydrogens (tertiary/aromatic N) is 2. The molecule has 120 valence electrons. The minimum Gasteiger partial charge on any atom is -0.368 e. The van der Waals surface area contributed by atoms with E-state index in [0.717, 1.165) is 13.1 Å². The molecule has 0 unspecified atom stereocenters. The molecule has 1 saturated heterocycles. The number of rotatable bonds is 4. The van der Waals surface area contributed by atoms with Gasteiger partial charge in [0.05, 0.1) is 0 Å². The fourth-order valence-corrected chi connectivity index (χ4v) is 2.54. The molecule has 1 N–H and O–H groups in total. The van der Waals surface area contributed by atoms with Gasteiger partial charge in [-0.05, 0) is 19.1 Å². The van der Waals surface area contributed by atoms with Gasteiger partial charge in [-0.25, -0.2) is 0 Å². The molecule has 1 aliphatic rings. The van der Waals surface area contributed by atoms with Gasteiger partial charge in [-0.2, -0.15) is 0 Å². The van der Waals surface area contributed by atoms with Crippen LogP contribution in [0.3, 0.4) is 0 Å². The summed E-state index contributed by atoms with van der Waals surface area (Å²) in [6.07, 6.45) is 0. The molecule has 1 fully saturated rings. The SMILES string of the molecule is CC(C)C(=O)N[C@@H](C)C(=O)N1CCN(c2ccccc2)CC1. The van der Waals surface area contributed by atoms with Crippen LogP contribution >= 0.6 is 0 Å². The molecule has 22 heavy (non-hydrogen) atoms. The number of carbonyl (C=O) groups excluding carboxylic acids is 2. The number of anilines is 1. The van der Waals surface area contributed by atoms with Crippen LogP contribution in [0, 0.1) is 5.92 Å². The van der Waals surface area contributed by atoms with Gasteiger partial charge < -0.3 is 15.1 Å². The van der Waals surface area contributed by atoms with Gasteiger partial charge in [-0.15, -0.1) is 0 Å². The van der Waals surface area contributed by atoms with Crippen molar-refractivity contribution in [2.24, 2.45) is 5.92 Å². The molecule has 2 amide bonds. The predicted molar refractivity (Wildman–Crippen MR) is 87.7 cm³/mol. The molecule has 0 aliphatic carbocycles. The molecule has 5 nitrogen and oxygen atoms in total. The number of carbonyl (C=O) groups is 2. The number of para-hydroxylation sites is 1. The number of benzene rings is 1. The maximum Gasteiger partial charge on any atom is 0.244 e. The van der Waals surface area contributed by atoms with Crippen molar-refractivity contribution in [3.05, 3.63) is 30.3 Å². The van der Waals surface area contributed by atoms with E-state index in [1.807, 2.05) is 36.9 Å². The molecule has 0 bridgehead atoms. The molecule has 1 atom stereocenters. The Morgan fingerprint density at radius 1 is 1.00 bits per heavy atom. The summed E-state index contributed by atoms with van der Waals surface area (Å²) in [5.41, 5.74) is 1.19. The fraction of sp³-hybridized carbons (Fsp3) is 0.529. The molecule has 1 aliphatic heterocycles. The molecule has 0 radical (unpaired) electrons. The van der Waals surface area contributed by atoms with Crippen molar-refractivity contribution in [2.45, 2.75) is 26.8 Å². The second kappa shape index (κ2) is 7.29. The number of nitrogens with one attached hydrogen (secondary N) is 1. The van der Waals surface area contributed by atoms with Crippen molar-refractivity contribution in [1.29, 1.82) is 0 Å². The van der Waals surface area contributed by atoms with Crippen molar-refractivity contribution in [3.8, 4) is 0 Å². The highest BCUT2D eigenvalue weighted by Gasteiger charge is 2.26. The van der Waals surface area contributed by atoms with Crippen molar-refractivity contribution in [3.63, 3.8) is 0 Å². The maximum atomic E-state index is 12.4. The lowest BCUT2D eigenvalue weighted by Crippen LogP contribution is -2.54. The largest absolute Gasteiger partial charge is 0.368 e. The Morgan fingerprint density at radius 3 is 2.14 bits per heavy atom. The minimum atomic E-state index is -0.460. The molecular formula is C17H25N3O2. The zero-order chi connectivity index (χ0) is 16.1. The Labute approximate surface area is 132 Å². The maximum absolute atomic E-state index is 12.4. The third kappa shape index (κ3) is 4.00. The van der Waals surface area contributed by atoms with Crippen LogP contribution < -0.4 is 10.2 Å². The van der Waals surface area contributed by atoms with E-state index in [2.05, 4.69) is 22.3 Å². The van der Waals surface area contributed by atoms with E-state index in [9.17, 15) is 9.59 Å². The summed E-state index contributed by atoms with van der Waals surface area (Å²) in [5.74, 6) is -0.185. The number of amides is 2. The molecule has 2 rings (SSSR count). The monoisotopic (exact) mass is 303 g/mol. The third-order valence-electron chi connectivity index (χ3n) is 3.97. The second-order valence-corrected chi connectivity index (χ2v) is 6.03. The average Bonchev–Trinajstić information content (AvgIpc) is 2.55. The molecule has 0 aromatic heterocycles. The van der Waals surface area contributed by atoms with Crippen LogP contribution in [0.15, 0.2) is 30.3 Å². The Balaban J connectivity index is 1.86. The first-order chi connectivity index (χ1) is 10.5. The molecule has 1 aromatic carbocycles. The van der Waals surface area contributed by atoms with Crippen molar-refractivity contribution >= 4 is 17.5 Å². The first-order valence-corrected chi connectivity index (χ1v) is 7.88. The lowest BCUT2D eigenvalue weighted by molar-refractivity contribution is -0.136. The van der Waals surface area contributed by atoms with Crippen LogP contribution in [0.2, 0.25) is 0 Å². The minimum absolute atomic E-state index is 0.00158. The lowest BCUT2D eigenvalue weighted by Gasteiger charge is -2.37. The smallest absolute Gasteiger partial charge is 0.244 e. The van der Waals surface area contributed by atoms with Gasteiger partial charge in [-0.1, -0.05) is 32.0 Å². The van der Waals surface area contributed by atoms with Crippen molar-refractivity contribution < 1.29 is 9.59 Å². The van der Waals surface area contributed by atoms with E-state index in [1.165, 1.54) is 5.69 Å². The van der Waals surface area contributed by atoms with Gasteiger partial charge in [0.15, 0.2) is 0 Å². The quantitative estimate of drug-likeness (QED) is 0.917. The van der Waals surface area contributed by atoms with Crippen LogP contribution in [0.1, 0.15) is 20.8 Å². The molecule has 0 saturated carbocycles. The van der Waals surface area contributed by atoms with E-state index in [0.29, 0.717) is 13.1 Å². The summed E-state index contributed by atoms with van der Waals surface area (Å²) >= 11 is 0. The Morgan fingerprint density at radius 2 is 1.59 bits per heavy atom. The Kier molecular flexibility index (Phi) is 5.41. The highest BCUT2D eigenvalue weighted by atomic mass is 16.2. The zero-order valence-electron chi connectivity index (χ0n) is 13.6. The second-order valence-electron chi connectivity index (χ2n) is 6.03. The zero-order valence-corrected chi connectivity index (χ0v) is 13.6. The van der Waals surface area contributed by atoms with Gasteiger partial charge in [0.2, 0.25) is 11.8 Å². The van der Waals surface area contributed by atoms with Gasteiger partial charge in [0.1, 0.15) is 6.04 Å². The van der Waals surface area contributed by atoms with Gasteiger partial charge >= 0.3 is 0 Å². The van der Waals surface area contributed by atoms with E-state index in [-0.39, 0.29) is 17.7 Å². The van der Waals surface area contributed by atoms with E-state index < -0.39 is 6.04 Å². The highest BCUT2D eigenvalue weighted by molar-refractivity contribution is 5.88. The van der Waals surface area contributed by atoms with E-state index in [1.54, 1.807) is 6.92 Å². The molecule has 0 spiro atoms. The lowest BCUT2D eigenvalue weighted by atomic mass is 10.1. The highest BCUT2D eigenvalue weighted by Crippen LogP contribution is 2.15. The normalized spacial score (nSPS) is 16.5. The van der Waals surface area contributed by atoms with Crippen LogP contribution in [0.5, 0.6) is 0 Å². The first kappa shape index (κ1) is 16.3.